The SMILES string of the molecule is CNc1ccc(OC(F)(F)F)cc1C#N. The lowest BCUT2D eigenvalue weighted by molar-refractivity contribution is -0.274. The van der Waals surface area contributed by atoms with Crippen LogP contribution >= 0.6 is 0 Å². The Hall–Kier alpha value is -1.90. The summed E-state index contributed by atoms with van der Waals surface area (Å²) in [4.78, 5) is 0. The lowest BCUT2D eigenvalue weighted by Crippen LogP contribution is -2.17. The molecule has 0 amide bonds. The lowest BCUT2D eigenvalue weighted by atomic mass is 10.2. The molecule has 0 atom stereocenters. The number of nitrogens with zero attached hydrogens (tertiary/aromatic N) is 1. The molecule has 0 unspecified atom stereocenters. The van der Waals surface area contributed by atoms with Crippen molar-refractivity contribution in [3.63, 3.8) is 0 Å². The van der Waals surface area contributed by atoms with Crippen LogP contribution in [0.2, 0.25) is 0 Å². The molecule has 6 heteroatoms. The van der Waals surface area contributed by atoms with Crippen molar-refractivity contribution < 1.29 is 17.9 Å². The fraction of sp³-hybridized carbons (Fsp3) is 0.222. The Morgan fingerprint density at radius 1 is 1.40 bits per heavy atom. The number of hydrogen-bond donors (Lipinski definition) is 1. The maximum Gasteiger partial charge on any atom is 0.573 e. The summed E-state index contributed by atoms with van der Waals surface area (Å²) in [5, 5.41) is 11.3. The summed E-state index contributed by atoms with van der Waals surface area (Å²) in [6.45, 7) is 0. The van der Waals surface area contributed by atoms with Gasteiger partial charge in [0, 0.05) is 13.1 Å². The first-order valence-corrected chi connectivity index (χ1v) is 3.94. The highest BCUT2D eigenvalue weighted by molar-refractivity contribution is 5.59. The predicted molar refractivity (Wildman–Crippen MR) is 47.4 cm³/mol. The summed E-state index contributed by atoms with van der Waals surface area (Å²) in [7, 11) is 1.57. The van der Waals surface area contributed by atoms with E-state index in [0.29, 0.717) is 5.69 Å². The molecule has 1 N–H and O–H groups in total. The van der Waals surface area contributed by atoms with Gasteiger partial charge in [-0.25, -0.2) is 0 Å². The molecule has 0 saturated heterocycles. The third-order valence-electron chi connectivity index (χ3n) is 1.61. The molecule has 3 nitrogen and oxygen atoms in total. The predicted octanol–water partition coefficient (Wildman–Crippen LogP) is 2.50. The van der Waals surface area contributed by atoms with E-state index in [4.69, 9.17) is 5.26 Å². The van der Waals surface area contributed by atoms with Gasteiger partial charge in [0.25, 0.3) is 0 Å². The van der Waals surface area contributed by atoms with Gasteiger partial charge >= 0.3 is 6.36 Å². The second kappa shape index (κ2) is 4.09. The normalized spacial score (nSPS) is 10.6. The summed E-state index contributed by atoms with van der Waals surface area (Å²) < 4.78 is 39.2. The molecule has 0 aliphatic heterocycles. The van der Waals surface area contributed by atoms with Gasteiger partial charge < -0.3 is 10.1 Å². The minimum Gasteiger partial charge on any atom is -0.406 e. The summed E-state index contributed by atoms with van der Waals surface area (Å²) in [5.74, 6) is -0.405. The average Bonchev–Trinajstić information content (AvgIpc) is 2.15. The minimum atomic E-state index is -4.74. The molecule has 0 heterocycles. The van der Waals surface area contributed by atoms with E-state index in [2.05, 4.69) is 10.1 Å². The Balaban J connectivity index is 3.00. The van der Waals surface area contributed by atoms with Crippen molar-refractivity contribution in [1.82, 2.24) is 0 Å². The first-order valence-electron chi connectivity index (χ1n) is 3.94. The zero-order chi connectivity index (χ0) is 11.5. The van der Waals surface area contributed by atoms with Gasteiger partial charge in [0.2, 0.25) is 0 Å². The van der Waals surface area contributed by atoms with Crippen LogP contribution in [0.25, 0.3) is 0 Å². The van der Waals surface area contributed by atoms with Gasteiger partial charge in [-0.05, 0) is 12.1 Å². The molecular weight excluding hydrogens is 209 g/mol. The monoisotopic (exact) mass is 216 g/mol. The number of nitrogens with one attached hydrogen (secondary N) is 1. The van der Waals surface area contributed by atoms with E-state index in [1.165, 1.54) is 6.07 Å². The number of anilines is 1. The molecule has 0 saturated carbocycles. The van der Waals surface area contributed by atoms with Gasteiger partial charge in [-0.15, -0.1) is 13.2 Å². The van der Waals surface area contributed by atoms with Crippen molar-refractivity contribution in [2.45, 2.75) is 6.36 Å². The van der Waals surface area contributed by atoms with E-state index in [9.17, 15) is 13.2 Å². The molecule has 1 aromatic carbocycles. The first kappa shape index (κ1) is 11.2. The quantitative estimate of drug-likeness (QED) is 0.826. The van der Waals surface area contributed by atoms with Crippen LogP contribution < -0.4 is 10.1 Å². The van der Waals surface area contributed by atoms with Crippen LogP contribution in [0.5, 0.6) is 5.75 Å². The fourth-order valence-corrected chi connectivity index (χ4v) is 1.03. The Morgan fingerprint density at radius 2 is 2.07 bits per heavy atom. The highest BCUT2D eigenvalue weighted by Gasteiger charge is 2.31. The standard InChI is InChI=1S/C9H7F3N2O/c1-14-8-3-2-7(4-6(8)5-13)15-9(10,11)12/h2-4,14H,1H3. The fourth-order valence-electron chi connectivity index (χ4n) is 1.03. The maximum absolute atomic E-state index is 11.8. The van der Waals surface area contributed by atoms with E-state index in [-0.39, 0.29) is 5.56 Å². The number of alkyl halides is 3. The molecule has 80 valence electrons. The lowest BCUT2D eigenvalue weighted by Gasteiger charge is -2.10. The minimum absolute atomic E-state index is 0.0965. The topological polar surface area (TPSA) is 45.0 Å². The number of hydrogen-bond acceptors (Lipinski definition) is 3. The number of rotatable bonds is 2. The summed E-state index contributed by atoms with van der Waals surface area (Å²) in [6.07, 6.45) is -4.74. The Bertz CT molecular complexity index is 395. The summed E-state index contributed by atoms with van der Waals surface area (Å²) in [5.41, 5.74) is 0.547. The van der Waals surface area contributed by atoms with Crippen molar-refractivity contribution in [3.8, 4) is 11.8 Å². The van der Waals surface area contributed by atoms with E-state index in [0.717, 1.165) is 12.1 Å². The van der Waals surface area contributed by atoms with Crippen molar-refractivity contribution in [2.75, 3.05) is 12.4 Å². The molecule has 0 fully saturated rings. The van der Waals surface area contributed by atoms with Gasteiger partial charge in [-0.2, -0.15) is 5.26 Å². The molecule has 1 rings (SSSR count). The van der Waals surface area contributed by atoms with Gasteiger partial charge in [0.15, 0.2) is 0 Å². The van der Waals surface area contributed by atoms with E-state index < -0.39 is 12.1 Å². The van der Waals surface area contributed by atoms with Crippen molar-refractivity contribution in [2.24, 2.45) is 0 Å². The second-order valence-corrected chi connectivity index (χ2v) is 2.62. The summed E-state index contributed by atoms with van der Waals surface area (Å²) in [6, 6.07) is 5.28. The number of halogens is 3. The highest BCUT2D eigenvalue weighted by atomic mass is 19.4. The zero-order valence-corrected chi connectivity index (χ0v) is 7.72. The van der Waals surface area contributed by atoms with Crippen molar-refractivity contribution in [1.29, 1.82) is 5.26 Å². The van der Waals surface area contributed by atoms with Gasteiger partial charge in [0.05, 0.1) is 11.3 Å². The van der Waals surface area contributed by atoms with Crippen molar-refractivity contribution in [3.05, 3.63) is 23.8 Å². The molecule has 15 heavy (non-hydrogen) atoms. The Kier molecular flexibility index (Phi) is 3.04. The highest BCUT2D eigenvalue weighted by Crippen LogP contribution is 2.26. The molecule has 0 bridgehead atoms. The van der Waals surface area contributed by atoms with E-state index in [1.54, 1.807) is 13.1 Å². The van der Waals surface area contributed by atoms with E-state index in [1.807, 2.05) is 0 Å². The first-order chi connectivity index (χ1) is 6.96. The van der Waals surface area contributed by atoms with Gasteiger partial charge in [-0.1, -0.05) is 0 Å². The largest absolute Gasteiger partial charge is 0.573 e. The third kappa shape index (κ3) is 3.06. The van der Waals surface area contributed by atoms with Crippen molar-refractivity contribution >= 4 is 5.69 Å². The number of benzene rings is 1. The average molecular weight is 216 g/mol. The maximum atomic E-state index is 11.8. The third-order valence-corrected chi connectivity index (χ3v) is 1.61. The molecule has 0 aliphatic rings. The Labute approximate surface area is 84.1 Å². The van der Waals surface area contributed by atoms with Crippen LogP contribution in [0, 0.1) is 11.3 Å². The Morgan fingerprint density at radius 3 is 2.53 bits per heavy atom. The molecule has 0 aliphatic carbocycles. The van der Waals surface area contributed by atoms with Crippen LogP contribution in [0.4, 0.5) is 18.9 Å². The number of nitriles is 1. The number of ether oxygens (including phenoxy) is 1. The molecule has 1 aromatic rings. The van der Waals surface area contributed by atoms with Crippen LogP contribution in [0.3, 0.4) is 0 Å². The summed E-state index contributed by atoms with van der Waals surface area (Å²) >= 11 is 0. The van der Waals surface area contributed by atoms with E-state index >= 15 is 0 Å². The van der Waals surface area contributed by atoms with Gasteiger partial charge in [-0.3, -0.25) is 0 Å². The van der Waals surface area contributed by atoms with Crippen LogP contribution in [0.1, 0.15) is 5.56 Å². The molecular formula is C9H7F3N2O. The van der Waals surface area contributed by atoms with Crippen LogP contribution in [-0.4, -0.2) is 13.4 Å². The zero-order valence-electron chi connectivity index (χ0n) is 7.72. The van der Waals surface area contributed by atoms with Crippen LogP contribution in [-0.2, 0) is 0 Å². The second-order valence-electron chi connectivity index (χ2n) is 2.62. The van der Waals surface area contributed by atoms with Gasteiger partial charge in [0.1, 0.15) is 11.8 Å². The smallest absolute Gasteiger partial charge is 0.406 e. The molecule has 0 aromatic heterocycles. The molecule has 0 radical (unpaired) electrons. The molecule has 0 spiro atoms. The van der Waals surface area contributed by atoms with Crippen LogP contribution in [0.15, 0.2) is 18.2 Å².